The minimum absolute atomic E-state index is 0.0655. The molecule has 0 aliphatic rings. The fourth-order valence-electron chi connectivity index (χ4n) is 2.38. The SMILES string of the molecule is O=C(/C=C/c1nc2ccccc2o1)OCc1cn2cc(Cl)ccc2n1. The molecule has 0 atom stereocenters. The fraction of sp³-hybridized carbons (Fsp3) is 0.0556. The zero-order chi connectivity index (χ0) is 17.2. The monoisotopic (exact) mass is 353 g/mol. The van der Waals surface area contributed by atoms with Crippen molar-refractivity contribution in [2.24, 2.45) is 0 Å². The molecule has 4 aromatic rings. The van der Waals surface area contributed by atoms with E-state index in [1.165, 1.54) is 12.2 Å². The molecule has 0 unspecified atom stereocenters. The highest BCUT2D eigenvalue weighted by Crippen LogP contribution is 2.16. The number of carbonyl (C=O) groups is 1. The Bertz CT molecular complexity index is 1060. The molecule has 0 saturated carbocycles. The van der Waals surface area contributed by atoms with Gasteiger partial charge in [0, 0.05) is 24.5 Å². The molecule has 1 aromatic carbocycles. The van der Waals surface area contributed by atoms with Crippen LogP contribution in [0.2, 0.25) is 5.02 Å². The van der Waals surface area contributed by atoms with Crippen molar-refractivity contribution in [1.82, 2.24) is 14.4 Å². The Morgan fingerprint density at radius 2 is 2.08 bits per heavy atom. The number of para-hydroxylation sites is 2. The number of esters is 1. The molecule has 4 rings (SSSR count). The zero-order valence-electron chi connectivity index (χ0n) is 12.9. The molecule has 0 aliphatic heterocycles. The van der Waals surface area contributed by atoms with Gasteiger partial charge in [-0.2, -0.15) is 0 Å². The maximum atomic E-state index is 11.8. The summed E-state index contributed by atoms with van der Waals surface area (Å²) in [5.74, 6) is -0.155. The van der Waals surface area contributed by atoms with E-state index in [9.17, 15) is 4.79 Å². The molecule has 3 heterocycles. The largest absolute Gasteiger partial charge is 0.456 e. The van der Waals surface area contributed by atoms with Crippen LogP contribution in [0.5, 0.6) is 0 Å². The Morgan fingerprint density at radius 3 is 2.96 bits per heavy atom. The van der Waals surface area contributed by atoms with Crippen LogP contribution in [-0.2, 0) is 16.1 Å². The summed E-state index contributed by atoms with van der Waals surface area (Å²) < 4.78 is 12.5. The number of hydrogen-bond acceptors (Lipinski definition) is 5. The molecular weight excluding hydrogens is 342 g/mol. The molecule has 25 heavy (non-hydrogen) atoms. The quantitative estimate of drug-likeness (QED) is 0.411. The van der Waals surface area contributed by atoms with Gasteiger partial charge in [0.25, 0.3) is 0 Å². The lowest BCUT2D eigenvalue weighted by Crippen LogP contribution is -2.00. The molecule has 0 amide bonds. The summed E-state index contributed by atoms with van der Waals surface area (Å²) in [7, 11) is 0. The molecule has 0 N–H and O–H groups in total. The fourth-order valence-corrected chi connectivity index (χ4v) is 2.55. The van der Waals surface area contributed by atoms with E-state index < -0.39 is 5.97 Å². The van der Waals surface area contributed by atoms with Crippen LogP contribution in [0.1, 0.15) is 11.6 Å². The number of aromatic nitrogens is 3. The zero-order valence-corrected chi connectivity index (χ0v) is 13.7. The summed E-state index contributed by atoms with van der Waals surface area (Å²) in [6.07, 6.45) is 6.25. The first-order chi connectivity index (χ1) is 12.2. The minimum Gasteiger partial charge on any atom is -0.456 e. The highest BCUT2D eigenvalue weighted by atomic mass is 35.5. The number of imidazole rings is 1. The smallest absolute Gasteiger partial charge is 0.331 e. The number of pyridine rings is 1. The molecule has 3 aromatic heterocycles. The Labute approximate surface area is 147 Å². The third-order valence-electron chi connectivity index (χ3n) is 3.50. The van der Waals surface area contributed by atoms with Gasteiger partial charge in [0.1, 0.15) is 17.8 Å². The van der Waals surface area contributed by atoms with Crippen LogP contribution in [0.25, 0.3) is 22.8 Å². The lowest BCUT2D eigenvalue weighted by atomic mass is 10.3. The third kappa shape index (κ3) is 3.39. The van der Waals surface area contributed by atoms with Crippen molar-refractivity contribution < 1.29 is 13.9 Å². The number of halogens is 1. The highest BCUT2D eigenvalue weighted by molar-refractivity contribution is 6.30. The van der Waals surface area contributed by atoms with Crippen LogP contribution >= 0.6 is 11.6 Å². The van der Waals surface area contributed by atoms with E-state index in [4.69, 9.17) is 20.8 Å². The molecule has 0 saturated heterocycles. The summed E-state index contributed by atoms with van der Waals surface area (Å²) in [4.78, 5) is 20.4. The van der Waals surface area contributed by atoms with Gasteiger partial charge in [0.05, 0.1) is 10.7 Å². The average Bonchev–Trinajstić information content (AvgIpc) is 3.20. The van der Waals surface area contributed by atoms with Gasteiger partial charge in [0.2, 0.25) is 5.89 Å². The van der Waals surface area contributed by atoms with Crippen molar-refractivity contribution in [3.05, 3.63) is 71.5 Å². The first-order valence-corrected chi connectivity index (χ1v) is 7.89. The second kappa shape index (κ2) is 6.41. The van der Waals surface area contributed by atoms with Crippen LogP contribution in [-0.4, -0.2) is 20.3 Å². The van der Waals surface area contributed by atoms with E-state index in [2.05, 4.69) is 9.97 Å². The molecule has 124 valence electrons. The van der Waals surface area contributed by atoms with Gasteiger partial charge in [-0.25, -0.2) is 14.8 Å². The molecule has 0 bridgehead atoms. The van der Waals surface area contributed by atoms with Crippen LogP contribution in [0, 0.1) is 0 Å². The Balaban J connectivity index is 1.40. The van der Waals surface area contributed by atoms with E-state index in [0.717, 1.165) is 11.2 Å². The second-order valence-corrected chi connectivity index (χ2v) is 5.74. The van der Waals surface area contributed by atoms with E-state index >= 15 is 0 Å². The summed E-state index contributed by atoms with van der Waals surface area (Å²) in [5, 5.41) is 0.606. The first kappa shape index (κ1) is 15.4. The van der Waals surface area contributed by atoms with Crippen molar-refractivity contribution in [3.63, 3.8) is 0 Å². The molecule has 7 heteroatoms. The van der Waals surface area contributed by atoms with E-state index in [0.29, 0.717) is 22.2 Å². The predicted octanol–water partition coefficient (Wildman–Crippen LogP) is 3.89. The number of benzene rings is 1. The summed E-state index contributed by atoms with van der Waals surface area (Å²) in [5.41, 5.74) is 2.76. The molecular formula is C18H12ClN3O3. The maximum Gasteiger partial charge on any atom is 0.331 e. The van der Waals surface area contributed by atoms with Crippen molar-refractivity contribution in [3.8, 4) is 0 Å². The Hall–Kier alpha value is -3.12. The number of ether oxygens (including phenoxy) is 1. The Morgan fingerprint density at radius 1 is 1.20 bits per heavy atom. The van der Waals surface area contributed by atoms with Crippen molar-refractivity contribution in [1.29, 1.82) is 0 Å². The minimum atomic E-state index is -0.502. The number of hydrogen-bond donors (Lipinski definition) is 0. The Kier molecular flexibility index (Phi) is 3.95. The normalized spacial score (nSPS) is 11.6. The van der Waals surface area contributed by atoms with Gasteiger partial charge < -0.3 is 13.6 Å². The topological polar surface area (TPSA) is 69.6 Å². The van der Waals surface area contributed by atoms with E-state index in [-0.39, 0.29) is 6.61 Å². The van der Waals surface area contributed by atoms with Gasteiger partial charge in [-0.15, -0.1) is 0 Å². The van der Waals surface area contributed by atoms with Crippen LogP contribution < -0.4 is 0 Å². The third-order valence-corrected chi connectivity index (χ3v) is 3.72. The van der Waals surface area contributed by atoms with Gasteiger partial charge >= 0.3 is 5.97 Å². The molecule has 6 nitrogen and oxygen atoms in total. The summed E-state index contributed by atoms with van der Waals surface area (Å²) in [6.45, 7) is 0.0655. The maximum absolute atomic E-state index is 11.8. The van der Waals surface area contributed by atoms with Crippen LogP contribution in [0.3, 0.4) is 0 Å². The van der Waals surface area contributed by atoms with Gasteiger partial charge in [-0.05, 0) is 24.3 Å². The number of rotatable bonds is 4. The van der Waals surface area contributed by atoms with Crippen molar-refractivity contribution in [2.45, 2.75) is 6.61 Å². The highest BCUT2D eigenvalue weighted by Gasteiger charge is 2.06. The first-order valence-electron chi connectivity index (χ1n) is 7.51. The predicted molar refractivity (Wildman–Crippen MR) is 93.0 cm³/mol. The van der Waals surface area contributed by atoms with Crippen molar-refractivity contribution in [2.75, 3.05) is 0 Å². The number of fused-ring (bicyclic) bond motifs is 2. The van der Waals surface area contributed by atoms with Crippen LogP contribution in [0.15, 0.2) is 59.3 Å². The van der Waals surface area contributed by atoms with Gasteiger partial charge in [-0.3, -0.25) is 0 Å². The lowest BCUT2D eigenvalue weighted by molar-refractivity contribution is -0.139. The lowest BCUT2D eigenvalue weighted by Gasteiger charge is -1.97. The molecule has 0 aliphatic carbocycles. The van der Waals surface area contributed by atoms with E-state index in [1.807, 2.05) is 24.3 Å². The average molecular weight is 354 g/mol. The molecule has 0 radical (unpaired) electrons. The molecule has 0 spiro atoms. The van der Waals surface area contributed by atoms with E-state index in [1.54, 1.807) is 28.9 Å². The summed E-state index contributed by atoms with van der Waals surface area (Å²) in [6, 6.07) is 10.9. The second-order valence-electron chi connectivity index (χ2n) is 5.31. The van der Waals surface area contributed by atoms with Gasteiger partial charge in [-0.1, -0.05) is 23.7 Å². The van der Waals surface area contributed by atoms with Crippen molar-refractivity contribution >= 4 is 40.4 Å². The molecule has 0 fully saturated rings. The van der Waals surface area contributed by atoms with Gasteiger partial charge in [0.15, 0.2) is 5.58 Å². The standard InChI is InChI=1S/C18H12ClN3O3/c19-12-5-6-16-20-13(10-22(16)9-12)11-24-18(23)8-7-17-21-14-3-1-2-4-15(14)25-17/h1-10H,11H2/b8-7+. The van der Waals surface area contributed by atoms with Crippen LogP contribution in [0.4, 0.5) is 0 Å². The number of carbonyl (C=O) groups excluding carboxylic acids is 1. The number of oxazole rings is 1. The number of nitrogens with zero attached hydrogens (tertiary/aromatic N) is 3. The summed E-state index contributed by atoms with van der Waals surface area (Å²) >= 11 is 5.93.